The van der Waals surface area contributed by atoms with E-state index >= 15 is 0 Å². The summed E-state index contributed by atoms with van der Waals surface area (Å²) in [6, 6.07) is 0.217. The average molecular weight is 306 g/mol. The van der Waals surface area contributed by atoms with Crippen molar-refractivity contribution in [3.63, 3.8) is 0 Å². The monoisotopic (exact) mass is 306 g/mol. The molecule has 2 N–H and O–H groups in total. The molecule has 1 fully saturated rings. The van der Waals surface area contributed by atoms with Crippen LogP contribution in [0.4, 0.5) is 0 Å². The zero-order valence-electron chi connectivity index (χ0n) is 13.3. The number of nitrogens with one attached hydrogen (secondary N) is 2. The topological polar surface area (TPSA) is 42.4 Å². The third-order valence-electron chi connectivity index (χ3n) is 3.87. The third kappa shape index (κ3) is 4.14. The number of hydrogen-bond donors (Lipinski definition) is 2. The van der Waals surface area contributed by atoms with E-state index in [0.29, 0.717) is 5.84 Å². The van der Waals surface area contributed by atoms with Crippen LogP contribution in [-0.4, -0.2) is 60.7 Å². The summed E-state index contributed by atoms with van der Waals surface area (Å²) in [5, 5.41) is 13.2. The Morgan fingerprint density at radius 1 is 1.43 bits per heavy atom. The molecule has 2 rings (SSSR count). The molecule has 1 saturated heterocycles. The quantitative estimate of drug-likeness (QED) is 0.475. The molecule has 0 bridgehead atoms. The van der Waals surface area contributed by atoms with E-state index in [1.807, 2.05) is 6.08 Å². The number of thioether (sulfide) groups is 1. The van der Waals surface area contributed by atoms with Crippen molar-refractivity contribution in [1.29, 1.82) is 5.41 Å². The first-order valence-electron chi connectivity index (χ1n) is 7.47. The molecule has 1 atom stereocenters. The van der Waals surface area contributed by atoms with E-state index < -0.39 is 0 Å². The molecule has 0 spiro atoms. The Bertz CT molecular complexity index is 473. The van der Waals surface area contributed by atoms with Crippen molar-refractivity contribution < 1.29 is 0 Å². The molecule has 1 unspecified atom stereocenters. The smallest absolute Gasteiger partial charge is 0.130 e. The van der Waals surface area contributed by atoms with Crippen molar-refractivity contribution in [2.24, 2.45) is 0 Å². The Balaban J connectivity index is 2.18. The van der Waals surface area contributed by atoms with Crippen LogP contribution in [-0.2, 0) is 0 Å². The lowest BCUT2D eigenvalue weighted by Gasteiger charge is -2.35. The van der Waals surface area contributed by atoms with Gasteiger partial charge in [0.25, 0.3) is 0 Å². The summed E-state index contributed by atoms with van der Waals surface area (Å²) in [7, 11) is 2.14. The zero-order chi connectivity index (χ0) is 15.4. The Morgan fingerprint density at radius 3 is 2.71 bits per heavy atom. The van der Waals surface area contributed by atoms with Crippen LogP contribution in [0.2, 0.25) is 0 Å². The average Bonchev–Trinajstić information content (AvgIpc) is 2.49. The molecule has 0 radical (unpaired) electrons. The van der Waals surface area contributed by atoms with Gasteiger partial charge in [-0.05, 0) is 27.0 Å². The van der Waals surface area contributed by atoms with E-state index in [4.69, 9.17) is 5.41 Å². The van der Waals surface area contributed by atoms with Crippen LogP contribution in [0.3, 0.4) is 0 Å². The van der Waals surface area contributed by atoms with Crippen molar-refractivity contribution in [2.45, 2.75) is 19.9 Å². The van der Waals surface area contributed by atoms with Gasteiger partial charge in [-0.15, -0.1) is 18.3 Å². The number of likely N-dealkylation sites (N-methyl/N-ethyl adjacent to an activating group) is 1. The highest BCUT2D eigenvalue weighted by molar-refractivity contribution is 8.03. The molecule has 116 valence electrons. The molecule has 0 aliphatic carbocycles. The first kappa shape index (κ1) is 16.2. The predicted octanol–water partition coefficient (Wildman–Crippen LogP) is 2.28. The van der Waals surface area contributed by atoms with Crippen molar-refractivity contribution in [2.75, 3.05) is 39.0 Å². The largest absolute Gasteiger partial charge is 0.373 e. The molecular weight excluding hydrogens is 280 g/mol. The highest BCUT2D eigenvalue weighted by Crippen LogP contribution is 2.29. The van der Waals surface area contributed by atoms with E-state index in [9.17, 15) is 0 Å². The summed E-state index contributed by atoms with van der Waals surface area (Å²) >= 11 is 1.79. The fourth-order valence-corrected chi connectivity index (χ4v) is 3.41. The normalized spacial score (nSPS) is 21.9. The fraction of sp³-hybridized carbons (Fsp3) is 0.562. The standard InChI is InChI=1S/C16H26N4S/c1-5-13(3)18-16-14(10-12(2)11-21-16)15(17)20-8-6-19(4)7-9-20/h5,10,13,17-18H,1,6-9,11H2,2-4H3. The molecule has 2 heterocycles. The maximum atomic E-state index is 8.59. The molecule has 2 aliphatic heterocycles. The van der Waals surface area contributed by atoms with Crippen molar-refractivity contribution in [3.05, 3.63) is 34.9 Å². The second kappa shape index (κ2) is 7.18. The van der Waals surface area contributed by atoms with Crippen molar-refractivity contribution in [1.82, 2.24) is 15.1 Å². The first-order chi connectivity index (χ1) is 10.0. The number of amidine groups is 1. The molecule has 0 aromatic heterocycles. The summed E-state index contributed by atoms with van der Waals surface area (Å²) in [5.41, 5.74) is 2.35. The van der Waals surface area contributed by atoms with Gasteiger partial charge in [0.1, 0.15) is 5.84 Å². The fourth-order valence-electron chi connectivity index (χ4n) is 2.38. The number of piperazine rings is 1. The van der Waals surface area contributed by atoms with Gasteiger partial charge in [-0.2, -0.15) is 0 Å². The van der Waals surface area contributed by atoms with Crippen LogP contribution in [0.25, 0.3) is 0 Å². The summed E-state index contributed by atoms with van der Waals surface area (Å²) < 4.78 is 0. The maximum absolute atomic E-state index is 8.59. The highest BCUT2D eigenvalue weighted by Gasteiger charge is 2.23. The SMILES string of the molecule is C=CC(C)NC1=C(C(=N)N2CCN(C)CC2)C=C(C)CS1. The van der Waals surface area contributed by atoms with E-state index in [2.05, 4.69) is 48.7 Å². The molecule has 21 heavy (non-hydrogen) atoms. The second-order valence-corrected chi connectivity index (χ2v) is 6.82. The van der Waals surface area contributed by atoms with Gasteiger partial charge in [0, 0.05) is 43.5 Å². The lowest BCUT2D eigenvalue weighted by molar-refractivity contribution is 0.215. The summed E-state index contributed by atoms with van der Waals surface area (Å²) in [5.74, 6) is 1.64. The molecule has 0 aromatic rings. The van der Waals surface area contributed by atoms with Gasteiger partial charge in [-0.1, -0.05) is 11.6 Å². The van der Waals surface area contributed by atoms with E-state index in [1.54, 1.807) is 11.8 Å². The van der Waals surface area contributed by atoms with Gasteiger partial charge in [0.2, 0.25) is 0 Å². The molecule has 5 heteroatoms. The number of nitrogens with zero attached hydrogens (tertiary/aromatic N) is 2. The predicted molar refractivity (Wildman–Crippen MR) is 92.8 cm³/mol. The minimum Gasteiger partial charge on any atom is -0.373 e. The van der Waals surface area contributed by atoms with Gasteiger partial charge in [0.15, 0.2) is 0 Å². The first-order valence-corrected chi connectivity index (χ1v) is 8.45. The Morgan fingerprint density at radius 2 is 2.10 bits per heavy atom. The minimum absolute atomic E-state index is 0.217. The number of hydrogen-bond acceptors (Lipinski definition) is 4. The third-order valence-corrected chi connectivity index (χ3v) is 5.09. The van der Waals surface area contributed by atoms with Gasteiger partial charge in [-0.25, -0.2) is 0 Å². The van der Waals surface area contributed by atoms with Crippen LogP contribution >= 0.6 is 11.8 Å². The van der Waals surface area contributed by atoms with E-state index in [0.717, 1.165) is 42.5 Å². The molecule has 0 amide bonds. The zero-order valence-corrected chi connectivity index (χ0v) is 14.1. The van der Waals surface area contributed by atoms with Crippen LogP contribution in [0.1, 0.15) is 13.8 Å². The van der Waals surface area contributed by atoms with Crippen LogP contribution in [0.5, 0.6) is 0 Å². The van der Waals surface area contributed by atoms with E-state index in [-0.39, 0.29) is 6.04 Å². The molecule has 4 nitrogen and oxygen atoms in total. The van der Waals surface area contributed by atoms with Crippen molar-refractivity contribution in [3.8, 4) is 0 Å². The van der Waals surface area contributed by atoms with Crippen LogP contribution < -0.4 is 5.32 Å². The molecule has 2 aliphatic rings. The minimum atomic E-state index is 0.217. The van der Waals surface area contributed by atoms with Gasteiger partial charge in [0.05, 0.1) is 5.03 Å². The van der Waals surface area contributed by atoms with Gasteiger partial charge < -0.3 is 15.1 Å². The Hall–Kier alpha value is -1.20. The van der Waals surface area contributed by atoms with Crippen LogP contribution in [0.15, 0.2) is 34.9 Å². The Labute approximate surface area is 132 Å². The maximum Gasteiger partial charge on any atom is 0.130 e. The van der Waals surface area contributed by atoms with Gasteiger partial charge in [-0.3, -0.25) is 5.41 Å². The van der Waals surface area contributed by atoms with E-state index in [1.165, 1.54) is 5.57 Å². The Kier molecular flexibility index (Phi) is 5.53. The van der Waals surface area contributed by atoms with Crippen LogP contribution in [0, 0.1) is 5.41 Å². The highest BCUT2D eigenvalue weighted by atomic mass is 32.2. The molecule has 0 aromatic carbocycles. The van der Waals surface area contributed by atoms with Gasteiger partial charge >= 0.3 is 0 Å². The summed E-state index contributed by atoms with van der Waals surface area (Å²) in [6.45, 7) is 12.0. The lowest BCUT2D eigenvalue weighted by atomic mass is 10.1. The second-order valence-electron chi connectivity index (χ2n) is 5.83. The summed E-state index contributed by atoms with van der Waals surface area (Å²) in [6.07, 6.45) is 4.06. The molecule has 0 saturated carbocycles. The lowest BCUT2D eigenvalue weighted by Crippen LogP contribution is -2.47. The summed E-state index contributed by atoms with van der Waals surface area (Å²) in [4.78, 5) is 4.50. The number of rotatable bonds is 4. The van der Waals surface area contributed by atoms with Crippen molar-refractivity contribution >= 4 is 17.6 Å². The molecular formula is C16H26N4S.